The molecule has 310 valence electrons. The van der Waals surface area contributed by atoms with E-state index in [0.717, 1.165) is 82.4 Å². The van der Waals surface area contributed by atoms with Crippen molar-refractivity contribution in [1.29, 1.82) is 10.5 Å². The minimum Gasteiger partial charge on any atom is -0.455 e. The van der Waals surface area contributed by atoms with Crippen molar-refractivity contribution in [2.75, 3.05) is 0 Å². The van der Waals surface area contributed by atoms with Crippen LogP contribution >= 0.6 is 0 Å². The third kappa shape index (κ3) is 5.17. The summed E-state index contributed by atoms with van der Waals surface area (Å²) in [7, 11) is 0. The van der Waals surface area contributed by atoms with E-state index in [9.17, 15) is 10.5 Å². The van der Waals surface area contributed by atoms with Crippen molar-refractivity contribution in [3.63, 3.8) is 0 Å². The van der Waals surface area contributed by atoms with Crippen molar-refractivity contribution in [2.45, 2.75) is 6.18 Å². The SMILES string of the molecule is N#Cc1ccc(-c2cccc(-n3c4ccccc4c4c5oc6ccccc6c5ccc43)c2-c2c(C#N)cccc2-n2c3ccccc3c3c4oc5ccccc5c4ccc32)c(C(F)(F)F)c1. The second kappa shape index (κ2) is 13.7. The molecule has 0 saturated carbocycles. The van der Waals surface area contributed by atoms with Crippen LogP contribution < -0.4 is 0 Å². The lowest BCUT2D eigenvalue weighted by atomic mass is 9.86. The molecule has 6 nitrogen and oxygen atoms in total. The van der Waals surface area contributed by atoms with Crippen LogP contribution in [0.3, 0.4) is 0 Å². The fourth-order valence-corrected chi connectivity index (χ4v) is 10.4. The molecule has 4 aromatic heterocycles. The van der Waals surface area contributed by atoms with Crippen LogP contribution in [0.25, 0.3) is 121 Å². The molecule has 13 aromatic rings. The highest BCUT2D eigenvalue weighted by Crippen LogP contribution is 2.50. The van der Waals surface area contributed by atoms with E-state index in [1.807, 2.05) is 146 Å². The number of alkyl halides is 3. The van der Waals surface area contributed by atoms with Crippen LogP contribution in [0.1, 0.15) is 16.7 Å². The molecule has 0 N–H and O–H groups in total. The first-order valence-electron chi connectivity index (χ1n) is 21.3. The van der Waals surface area contributed by atoms with Gasteiger partial charge in [-0.3, -0.25) is 0 Å². The molecule has 0 aliphatic carbocycles. The van der Waals surface area contributed by atoms with Crippen LogP contribution in [0.4, 0.5) is 13.2 Å². The van der Waals surface area contributed by atoms with Crippen LogP contribution in [0, 0.1) is 22.7 Å². The van der Waals surface area contributed by atoms with Crippen LogP contribution in [-0.2, 0) is 6.18 Å². The number of fused-ring (bicyclic) bond motifs is 14. The zero-order chi connectivity index (χ0) is 44.4. The Hall–Kier alpha value is -9.05. The van der Waals surface area contributed by atoms with Gasteiger partial charge in [-0.15, -0.1) is 0 Å². The Morgan fingerprint density at radius 1 is 0.424 bits per heavy atom. The Bertz CT molecular complexity index is 4320. The van der Waals surface area contributed by atoms with Crippen molar-refractivity contribution in [3.8, 4) is 45.8 Å². The van der Waals surface area contributed by atoms with Gasteiger partial charge in [0.2, 0.25) is 0 Å². The predicted molar refractivity (Wildman–Crippen MR) is 255 cm³/mol. The fraction of sp³-hybridized carbons (Fsp3) is 0.0175. The van der Waals surface area contributed by atoms with Crippen molar-refractivity contribution >= 4 is 87.5 Å². The molecule has 9 aromatic carbocycles. The van der Waals surface area contributed by atoms with Crippen LogP contribution in [0.2, 0.25) is 0 Å². The molecular formula is C57H29F3N4O2. The average molecular weight is 859 g/mol. The van der Waals surface area contributed by atoms with Gasteiger partial charge in [0, 0.05) is 43.4 Å². The Labute approximate surface area is 372 Å². The van der Waals surface area contributed by atoms with Gasteiger partial charge in [0.25, 0.3) is 0 Å². The molecule has 0 radical (unpaired) electrons. The zero-order valence-corrected chi connectivity index (χ0v) is 34.5. The van der Waals surface area contributed by atoms with Gasteiger partial charge in [-0.25, -0.2) is 0 Å². The molecule has 0 aliphatic heterocycles. The lowest BCUT2D eigenvalue weighted by Gasteiger charge is -2.24. The van der Waals surface area contributed by atoms with Crippen molar-refractivity contribution in [3.05, 3.63) is 193 Å². The van der Waals surface area contributed by atoms with Gasteiger partial charge in [-0.1, -0.05) is 97.1 Å². The molecule has 0 saturated heterocycles. The van der Waals surface area contributed by atoms with Gasteiger partial charge in [-0.05, 0) is 90.0 Å². The summed E-state index contributed by atoms with van der Waals surface area (Å²) in [5.41, 5.74) is 7.20. The molecule has 0 unspecified atom stereocenters. The third-order valence-corrected chi connectivity index (χ3v) is 13.0. The van der Waals surface area contributed by atoms with Gasteiger partial charge in [0.15, 0.2) is 0 Å². The molecule has 0 amide bonds. The normalized spacial score (nSPS) is 12.1. The molecular weight excluding hydrogens is 830 g/mol. The monoisotopic (exact) mass is 858 g/mol. The zero-order valence-electron chi connectivity index (χ0n) is 34.5. The van der Waals surface area contributed by atoms with Gasteiger partial charge in [0.1, 0.15) is 22.3 Å². The quantitative estimate of drug-likeness (QED) is 0.176. The first-order chi connectivity index (χ1) is 32.3. The summed E-state index contributed by atoms with van der Waals surface area (Å²) in [6.45, 7) is 0. The Kier molecular flexibility index (Phi) is 7.80. The molecule has 0 bridgehead atoms. The van der Waals surface area contributed by atoms with Crippen LogP contribution in [0.5, 0.6) is 0 Å². The molecule has 0 aliphatic rings. The number of furan rings is 2. The van der Waals surface area contributed by atoms with Gasteiger partial charge in [0.05, 0.1) is 73.0 Å². The average Bonchev–Trinajstić information content (AvgIpc) is 4.10. The van der Waals surface area contributed by atoms with E-state index in [4.69, 9.17) is 8.83 Å². The van der Waals surface area contributed by atoms with Gasteiger partial charge in [-0.2, -0.15) is 23.7 Å². The highest BCUT2D eigenvalue weighted by atomic mass is 19.4. The molecule has 0 fully saturated rings. The number of rotatable bonds is 4. The van der Waals surface area contributed by atoms with E-state index in [1.54, 1.807) is 18.2 Å². The maximum Gasteiger partial charge on any atom is 0.417 e. The summed E-state index contributed by atoms with van der Waals surface area (Å²) in [6.07, 6.45) is -4.84. The van der Waals surface area contributed by atoms with E-state index in [-0.39, 0.29) is 22.3 Å². The fourth-order valence-electron chi connectivity index (χ4n) is 10.4. The number of hydrogen-bond donors (Lipinski definition) is 0. The Morgan fingerprint density at radius 2 is 0.939 bits per heavy atom. The van der Waals surface area contributed by atoms with E-state index >= 15 is 13.2 Å². The molecule has 0 atom stereocenters. The maximum atomic E-state index is 15.4. The summed E-state index contributed by atoms with van der Waals surface area (Å²) in [5.74, 6) is 0. The Balaban J connectivity index is 1.21. The third-order valence-electron chi connectivity index (χ3n) is 13.0. The van der Waals surface area contributed by atoms with Crippen molar-refractivity contribution in [1.82, 2.24) is 9.13 Å². The minimum atomic E-state index is -4.84. The molecule has 13 rings (SSSR count). The van der Waals surface area contributed by atoms with E-state index in [0.29, 0.717) is 33.7 Å². The number of hydrogen-bond acceptors (Lipinski definition) is 4. The first kappa shape index (κ1) is 37.5. The largest absolute Gasteiger partial charge is 0.455 e. The molecule has 4 heterocycles. The molecule has 0 spiro atoms. The number of halogens is 3. The summed E-state index contributed by atoms with van der Waals surface area (Å²) >= 11 is 0. The van der Waals surface area contributed by atoms with Crippen LogP contribution in [0.15, 0.2) is 185 Å². The van der Waals surface area contributed by atoms with Gasteiger partial charge >= 0.3 is 6.18 Å². The Morgan fingerprint density at radius 3 is 1.48 bits per heavy atom. The molecule has 66 heavy (non-hydrogen) atoms. The predicted octanol–water partition coefficient (Wildman–Crippen LogP) is 15.8. The standard InChI is InChI=1S/C57H29F3N4O2/c58-57(59,60)42-29-32(30-61)23-24-34(42)37-16-10-20-46(64-44-18-6-2-15-41(44)54-48(64)28-26-39-36-13-4-8-22-50(36)66-56(39)54)52(37)51-33(31-62)11-9-19-45(51)63-43-17-5-1-14-40(43)53-47(63)27-25-38-35-12-3-7-21-49(35)65-55(38)53/h1-29H. The van der Waals surface area contributed by atoms with Gasteiger partial charge < -0.3 is 18.0 Å². The number of para-hydroxylation sites is 4. The minimum absolute atomic E-state index is 0.124. The second-order valence-electron chi connectivity index (χ2n) is 16.5. The summed E-state index contributed by atoms with van der Waals surface area (Å²) in [6, 6.07) is 58.5. The number of benzene rings is 9. The summed E-state index contributed by atoms with van der Waals surface area (Å²) in [5, 5.41) is 28.4. The van der Waals surface area contributed by atoms with Crippen LogP contribution in [-0.4, -0.2) is 9.13 Å². The van der Waals surface area contributed by atoms with Crippen molar-refractivity contribution < 1.29 is 22.0 Å². The lowest BCUT2D eigenvalue weighted by Crippen LogP contribution is -2.09. The number of nitriles is 2. The highest BCUT2D eigenvalue weighted by molar-refractivity contribution is 6.25. The number of nitrogens with zero attached hydrogens (tertiary/aromatic N) is 4. The molecule has 9 heteroatoms. The van der Waals surface area contributed by atoms with E-state index in [1.165, 1.54) is 12.1 Å². The lowest BCUT2D eigenvalue weighted by molar-refractivity contribution is -0.137. The topological polar surface area (TPSA) is 83.7 Å². The number of aromatic nitrogens is 2. The second-order valence-corrected chi connectivity index (χ2v) is 16.5. The summed E-state index contributed by atoms with van der Waals surface area (Å²) in [4.78, 5) is 0. The van der Waals surface area contributed by atoms with E-state index < -0.39 is 11.7 Å². The smallest absolute Gasteiger partial charge is 0.417 e. The first-order valence-corrected chi connectivity index (χ1v) is 21.3. The van der Waals surface area contributed by atoms with Crippen molar-refractivity contribution in [2.24, 2.45) is 0 Å². The highest BCUT2D eigenvalue weighted by Gasteiger charge is 2.36. The summed E-state index contributed by atoms with van der Waals surface area (Å²) < 4.78 is 63.7. The van der Waals surface area contributed by atoms with E-state index in [2.05, 4.69) is 15.2 Å². The maximum absolute atomic E-state index is 15.4.